The molecule has 2 atom stereocenters. The van der Waals surface area contributed by atoms with Gasteiger partial charge in [-0.05, 0) is 17.7 Å². The van der Waals surface area contributed by atoms with Crippen LogP contribution >= 0.6 is 11.6 Å². The van der Waals surface area contributed by atoms with E-state index in [1.807, 2.05) is 60.7 Å². The van der Waals surface area contributed by atoms with Gasteiger partial charge in [0, 0.05) is 5.69 Å². The molecule has 1 saturated heterocycles. The van der Waals surface area contributed by atoms with Gasteiger partial charge in [-0.1, -0.05) is 48.5 Å². The molecular weight excluding hydrogens is 246 g/mol. The highest BCUT2D eigenvalue weighted by Gasteiger charge is 2.47. The molecule has 1 amide bonds. The summed E-state index contributed by atoms with van der Waals surface area (Å²) in [5, 5.41) is -0.465. The molecule has 2 aromatic rings. The Labute approximate surface area is 111 Å². The van der Waals surface area contributed by atoms with Crippen molar-refractivity contribution in [2.75, 3.05) is 4.90 Å². The number of carbonyl (C=O) groups is 1. The zero-order valence-corrected chi connectivity index (χ0v) is 10.4. The Balaban J connectivity index is 1.97. The van der Waals surface area contributed by atoms with E-state index < -0.39 is 5.38 Å². The maximum absolute atomic E-state index is 11.9. The van der Waals surface area contributed by atoms with E-state index in [4.69, 9.17) is 11.6 Å². The van der Waals surface area contributed by atoms with E-state index in [2.05, 4.69) is 0 Å². The zero-order valence-electron chi connectivity index (χ0n) is 9.66. The average Bonchev–Trinajstić information content (AvgIpc) is 2.45. The number of para-hydroxylation sites is 1. The molecule has 1 aliphatic heterocycles. The number of alkyl halides is 1. The first-order chi connectivity index (χ1) is 8.79. The Hall–Kier alpha value is -1.80. The molecule has 0 saturated carbocycles. The number of halogens is 1. The third-order valence-corrected chi connectivity index (χ3v) is 3.63. The van der Waals surface area contributed by atoms with Gasteiger partial charge in [-0.15, -0.1) is 11.6 Å². The highest BCUT2D eigenvalue weighted by molar-refractivity contribution is 6.37. The summed E-state index contributed by atoms with van der Waals surface area (Å²) in [6.07, 6.45) is 0. The lowest BCUT2D eigenvalue weighted by molar-refractivity contribution is -0.123. The lowest BCUT2D eigenvalue weighted by Crippen LogP contribution is -2.56. The Morgan fingerprint density at radius 3 is 2.06 bits per heavy atom. The molecule has 3 rings (SSSR count). The molecule has 1 heterocycles. The van der Waals surface area contributed by atoms with E-state index in [0.29, 0.717) is 0 Å². The number of amides is 1. The average molecular weight is 258 g/mol. The molecule has 90 valence electrons. The van der Waals surface area contributed by atoms with Crippen molar-refractivity contribution in [2.45, 2.75) is 11.4 Å². The third-order valence-electron chi connectivity index (χ3n) is 3.20. The van der Waals surface area contributed by atoms with Crippen molar-refractivity contribution in [3.05, 3.63) is 66.2 Å². The lowest BCUT2D eigenvalue weighted by atomic mass is 9.92. The van der Waals surface area contributed by atoms with Crippen molar-refractivity contribution in [1.82, 2.24) is 0 Å². The van der Waals surface area contributed by atoms with Gasteiger partial charge in [0.05, 0.1) is 6.04 Å². The van der Waals surface area contributed by atoms with E-state index in [0.717, 1.165) is 11.3 Å². The van der Waals surface area contributed by atoms with Crippen LogP contribution in [0.5, 0.6) is 0 Å². The van der Waals surface area contributed by atoms with E-state index in [1.54, 1.807) is 4.90 Å². The zero-order chi connectivity index (χ0) is 12.5. The number of rotatable bonds is 2. The second kappa shape index (κ2) is 4.46. The van der Waals surface area contributed by atoms with Gasteiger partial charge in [0.25, 0.3) is 0 Å². The minimum Gasteiger partial charge on any atom is -0.302 e. The van der Waals surface area contributed by atoms with Crippen LogP contribution in [0.1, 0.15) is 11.6 Å². The third kappa shape index (κ3) is 1.70. The van der Waals surface area contributed by atoms with Gasteiger partial charge in [0.2, 0.25) is 5.91 Å². The summed E-state index contributed by atoms with van der Waals surface area (Å²) in [6.45, 7) is 0. The second-order valence-electron chi connectivity index (χ2n) is 4.30. The van der Waals surface area contributed by atoms with Crippen molar-refractivity contribution in [1.29, 1.82) is 0 Å². The van der Waals surface area contributed by atoms with Crippen LogP contribution in [0.2, 0.25) is 0 Å². The SMILES string of the molecule is O=C1[C@H](Cl)[C@@H](c2ccccc2)N1c1ccccc1. The number of nitrogens with zero attached hydrogens (tertiary/aromatic N) is 1. The van der Waals surface area contributed by atoms with Crippen LogP contribution in [0.25, 0.3) is 0 Å². The van der Waals surface area contributed by atoms with Crippen LogP contribution in [0, 0.1) is 0 Å². The number of β-lactam (4-membered cyclic amide) rings is 1. The molecule has 0 unspecified atom stereocenters. The molecule has 0 aliphatic carbocycles. The molecule has 0 radical (unpaired) electrons. The van der Waals surface area contributed by atoms with Crippen molar-refractivity contribution >= 4 is 23.2 Å². The largest absolute Gasteiger partial charge is 0.302 e. The van der Waals surface area contributed by atoms with E-state index in [1.165, 1.54) is 0 Å². The summed E-state index contributed by atoms with van der Waals surface area (Å²) in [5.74, 6) is -0.0308. The first-order valence-corrected chi connectivity index (χ1v) is 6.30. The van der Waals surface area contributed by atoms with Crippen LogP contribution in [0.3, 0.4) is 0 Å². The molecule has 3 heteroatoms. The molecular formula is C15H12ClNO. The molecule has 0 N–H and O–H groups in total. The van der Waals surface area contributed by atoms with Crippen LogP contribution in [0.15, 0.2) is 60.7 Å². The number of hydrogen-bond acceptors (Lipinski definition) is 1. The predicted molar refractivity (Wildman–Crippen MR) is 72.8 cm³/mol. The fraction of sp³-hybridized carbons (Fsp3) is 0.133. The number of anilines is 1. The first kappa shape index (κ1) is 11.3. The molecule has 0 aromatic heterocycles. The molecule has 18 heavy (non-hydrogen) atoms. The van der Waals surface area contributed by atoms with Crippen molar-refractivity contribution in [2.24, 2.45) is 0 Å². The van der Waals surface area contributed by atoms with E-state index >= 15 is 0 Å². The second-order valence-corrected chi connectivity index (χ2v) is 4.77. The smallest absolute Gasteiger partial charge is 0.248 e. The maximum Gasteiger partial charge on any atom is 0.248 e. The fourth-order valence-electron chi connectivity index (χ4n) is 2.30. The van der Waals surface area contributed by atoms with Gasteiger partial charge < -0.3 is 4.90 Å². The summed E-state index contributed by atoms with van der Waals surface area (Å²) in [4.78, 5) is 13.7. The summed E-state index contributed by atoms with van der Waals surface area (Å²) in [6, 6.07) is 19.5. The summed E-state index contributed by atoms with van der Waals surface area (Å²) in [7, 11) is 0. The minimum absolute atomic E-state index is 0.0308. The Bertz CT molecular complexity index is 555. The quantitative estimate of drug-likeness (QED) is 0.597. The van der Waals surface area contributed by atoms with Crippen molar-refractivity contribution in [3.63, 3.8) is 0 Å². The highest BCUT2D eigenvalue weighted by Crippen LogP contribution is 2.41. The van der Waals surface area contributed by atoms with Gasteiger partial charge in [-0.3, -0.25) is 4.79 Å². The van der Waals surface area contributed by atoms with Crippen LogP contribution in [0.4, 0.5) is 5.69 Å². The van der Waals surface area contributed by atoms with E-state index in [9.17, 15) is 4.79 Å². The molecule has 1 aliphatic rings. The van der Waals surface area contributed by atoms with E-state index in [-0.39, 0.29) is 11.9 Å². The summed E-state index contributed by atoms with van der Waals surface area (Å²) >= 11 is 6.15. The predicted octanol–water partition coefficient (Wildman–Crippen LogP) is 3.38. The first-order valence-electron chi connectivity index (χ1n) is 5.86. The lowest BCUT2D eigenvalue weighted by Gasteiger charge is -2.44. The van der Waals surface area contributed by atoms with Gasteiger partial charge in [0.1, 0.15) is 5.38 Å². The van der Waals surface area contributed by atoms with Crippen LogP contribution in [-0.4, -0.2) is 11.3 Å². The normalized spacial score (nSPS) is 22.7. The highest BCUT2D eigenvalue weighted by atomic mass is 35.5. The molecule has 0 bridgehead atoms. The van der Waals surface area contributed by atoms with Crippen LogP contribution < -0.4 is 4.90 Å². The Morgan fingerprint density at radius 1 is 0.889 bits per heavy atom. The Kier molecular flexibility index (Phi) is 2.80. The van der Waals surface area contributed by atoms with Gasteiger partial charge in [-0.25, -0.2) is 0 Å². The fourth-order valence-corrected chi connectivity index (χ4v) is 2.66. The number of benzene rings is 2. The Morgan fingerprint density at radius 2 is 1.44 bits per heavy atom. The van der Waals surface area contributed by atoms with Crippen molar-refractivity contribution < 1.29 is 4.79 Å². The minimum atomic E-state index is -0.465. The number of carbonyl (C=O) groups excluding carboxylic acids is 1. The standard InChI is InChI=1S/C15H12ClNO/c16-13-14(11-7-3-1-4-8-11)17(15(13)18)12-9-5-2-6-10-12/h1-10,13-14H/t13-,14-/m1/s1. The molecule has 2 aromatic carbocycles. The van der Waals surface area contributed by atoms with Gasteiger partial charge >= 0.3 is 0 Å². The van der Waals surface area contributed by atoms with Gasteiger partial charge in [0.15, 0.2) is 0 Å². The molecule has 2 nitrogen and oxygen atoms in total. The summed E-state index contributed by atoms with van der Waals surface area (Å²) < 4.78 is 0. The van der Waals surface area contributed by atoms with Crippen LogP contribution in [-0.2, 0) is 4.79 Å². The molecule has 1 fully saturated rings. The topological polar surface area (TPSA) is 20.3 Å². The monoisotopic (exact) mass is 257 g/mol. The van der Waals surface area contributed by atoms with Gasteiger partial charge in [-0.2, -0.15) is 0 Å². The molecule has 0 spiro atoms. The maximum atomic E-state index is 11.9. The number of hydrogen-bond donors (Lipinski definition) is 0. The summed E-state index contributed by atoms with van der Waals surface area (Å²) in [5.41, 5.74) is 1.97. The van der Waals surface area contributed by atoms with Crippen molar-refractivity contribution in [3.8, 4) is 0 Å².